The predicted octanol–water partition coefficient (Wildman–Crippen LogP) is 3.03. The van der Waals surface area contributed by atoms with Crippen LogP contribution in [0.25, 0.3) is 0 Å². The van der Waals surface area contributed by atoms with Gasteiger partial charge in [-0.2, -0.15) is 0 Å². The van der Waals surface area contributed by atoms with Gasteiger partial charge in [0.25, 0.3) is 0 Å². The monoisotopic (exact) mass is 250 g/mol. The summed E-state index contributed by atoms with van der Waals surface area (Å²) in [4.78, 5) is 2.94. The van der Waals surface area contributed by atoms with E-state index < -0.39 is 0 Å². The molecule has 0 spiro atoms. The summed E-state index contributed by atoms with van der Waals surface area (Å²) in [7, 11) is 0. The van der Waals surface area contributed by atoms with Crippen molar-refractivity contribution < 1.29 is 0 Å². The van der Waals surface area contributed by atoms with Crippen molar-refractivity contribution in [1.29, 1.82) is 0 Å². The highest BCUT2D eigenvalue weighted by atomic mass is 15.2. The molecule has 0 aromatic rings. The average Bonchev–Trinajstić information content (AvgIpc) is 2.89. The third-order valence-electron chi connectivity index (χ3n) is 5.65. The molecule has 2 heterocycles. The van der Waals surface area contributed by atoms with Crippen LogP contribution in [0.1, 0.15) is 58.3 Å². The zero-order valence-electron chi connectivity index (χ0n) is 12.0. The first-order valence-electron chi connectivity index (χ1n) is 8.31. The number of hydrogen-bond donors (Lipinski definition) is 1. The van der Waals surface area contributed by atoms with E-state index in [1.807, 2.05) is 0 Å². The third kappa shape index (κ3) is 2.75. The summed E-state index contributed by atoms with van der Waals surface area (Å²) in [6.45, 7) is 6.37. The highest BCUT2D eigenvalue weighted by Gasteiger charge is 2.37. The summed E-state index contributed by atoms with van der Waals surface area (Å²) in [6, 6.07) is 1.86. The summed E-state index contributed by atoms with van der Waals surface area (Å²) in [6.07, 6.45) is 11.7. The molecule has 3 fully saturated rings. The fourth-order valence-corrected chi connectivity index (χ4v) is 4.71. The Bertz CT molecular complexity index is 260. The molecule has 0 aromatic heterocycles. The minimum absolute atomic E-state index is 0.927. The van der Waals surface area contributed by atoms with Crippen molar-refractivity contribution in [3.63, 3.8) is 0 Å². The highest BCUT2D eigenvalue weighted by Crippen LogP contribution is 2.36. The molecule has 1 aliphatic carbocycles. The molecule has 0 radical (unpaired) electrons. The Morgan fingerprint density at radius 3 is 2.56 bits per heavy atom. The molecule has 1 N–H and O–H groups in total. The topological polar surface area (TPSA) is 15.3 Å². The van der Waals surface area contributed by atoms with E-state index in [0.29, 0.717) is 0 Å². The van der Waals surface area contributed by atoms with E-state index in [-0.39, 0.29) is 0 Å². The molecule has 2 heteroatoms. The van der Waals surface area contributed by atoms with Gasteiger partial charge in [-0.05, 0) is 70.0 Å². The van der Waals surface area contributed by atoms with Crippen molar-refractivity contribution >= 4 is 0 Å². The smallest absolute Gasteiger partial charge is 0.0128 e. The van der Waals surface area contributed by atoms with Gasteiger partial charge in [0.1, 0.15) is 0 Å². The van der Waals surface area contributed by atoms with Crippen LogP contribution >= 0.6 is 0 Å². The van der Waals surface area contributed by atoms with Crippen LogP contribution in [-0.2, 0) is 0 Å². The van der Waals surface area contributed by atoms with Crippen LogP contribution in [-0.4, -0.2) is 36.6 Å². The maximum Gasteiger partial charge on any atom is 0.0128 e. The Kier molecular flexibility index (Phi) is 4.25. The Hall–Kier alpha value is -0.0800. The normalized spacial score (nSPS) is 40.2. The van der Waals surface area contributed by atoms with Crippen molar-refractivity contribution in [1.82, 2.24) is 10.2 Å². The zero-order chi connectivity index (χ0) is 12.4. The van der Waals surface area contributed by atoms with Crippen molar-refractivity contribution in [2.24, 2.45) is 11.8 Å². The fraction of sp³-hybridized carbons (Fsp3) is 1.00. The summed E-state index contributed by atoms with van der Waals surface area (Å²) in [5, 5.41) is 3.52. The minimum atomic E-state index is 0.927. The first-order valence-corrected chi connectivity index (χ1v) is 8.31. The SMILES string of the molecule is CC1CCCC(N2CCCC2C2CCNCC2)C1. The molecule has 0 aromatic carbocycles. The second-order valence-electron chi connectivity index (χ2n) is 6.96. The number of nitrogens with zero attached hydrogens (tertiary/aromatic N) is 1. The van der Waals surface area contributed by atoms with Gasteiger partial charge in [-0.15, -0.1) is 0 Å². The van der Waals surface area contributed by atoms with Crippen molar-refractivity contribution in [3.05, 3.63) is 0 Å². The van der Waals surface area contributed by atoms with E-state index >= 15 is 0 Å². The van der Waals surface area contributed by atoms with Crippen LogP contribution in [0.15, 0.2) is 0 Å². The molecule has 2 aliphatic heterocycles. The van der Waals surface area contributed by atoms with E-state index in [4.69, 9.17) is 0 Å². The minimum Gasteiger partial charge on any atom is -0.317 e. The van der Waals surface area contributed by atoms with Gasteiger partial charge in [-0.25, -0.2) is 0 Å². The Morgan fingerprint density at radius 1 is 0.944 bits per heavy atom. The van der Waals surface area contributed by atoms with Gasteiger partial charge >= 0.3 is 0 Å². The van der Waals surface area contributed by atoms with E-state index in [2.05, 4.69) is 17.1 Å². The van der Waals surface area contributed by atoms with Crippen LogP contribution in [0.5, 0.6) is 0 Å². The van der Waals surface area contributed by atoms with E-state index in [0.717, 1.165) is 23.9 Å². The molecule has 18 heavy (non-hydrogen) atoms. The van der Waals surface area contributed by atoms with Crippen LogP contribution in [0.3, 0.4) is 0 Å². The van der Waals surface area contributed by atoms with Gasteiger partial charge in [0.15, 0.2) is 0 Å². The maximum atomic E-state index is 3.52. The molecule has 3 aliphatic rings. The lowest BCUT2D eigenvalue weighted by atomic mass is 9.83. The lowest BCUT2D eigenvalue weighted by Gasteiger charge is -2.41. The van der Waals surface area contributed by atoms with E-state index in [1.54, 1.807) is 0 Å². The molecule has 104 valence electrons. The molecular formula is C16H30N2. The second kappa shape index (κ2) is 5.92. The molecule has 0 bridgehead atoms. The number of rotatable bonds is 2. The first kappa shape index (κ1) is 12.9. The van der Waals surface area contributed by atoms with Crippen LogP contribution in [0, 0.1) is 11.8 Å². The second-order valence-corrected chi connectivity index (χ2v) is 6.96. The Morgan fingerprint density at radius 2 is 1.78 bits per heavy atom. The summed E-state index contributed by atoms with van der Waals surface area (Å²) in [5.74, 6) is 1.96. The number of piperidine rings is 1. The molecule has 2 nitrogen and oxygen atoms in total. The van der Waals surface area contributed by atoms with Gasteiger partial charge in [0.05, 0.1) is 0 Å². The summed E-state index contributed by atoms with van der Waals surface area (Å²) in [5.41, 5.74) is 0. The van der Waals surface area contributed by atoms with Crippen molar-refractivity contribution in [3.8, 4) is 0 Å². The summed E-state index contributed by atoms with van der Waals surface area (Å²) < 4.78 is 0. The first-order chi connectivity index (χ1) is 8.84. The van der Waals surface area contributed by atoms with Crippen molar-refractivity contribution in [2.45, 2.75) is 70.4 Å². The Balaban J connectivity index is 1.62. The summed E-state index contributed by atoms with van der Waals surface area (Å²) >= 11 is 0. The standard InChI is InChI=1S/C16H30N2/c1-13-4-2-5-15(12-13)18-11-3-6-16(18)14-7-9-17-10-8-14/h13-17H,2-12H2,1H3. The largest absolute Gasteiger partial charge is 0.317 e. The molecule has 0 amide bonds. The van der Waals surface area contributed by atoms with E-state index in [1.165, 1.54) is 71.0 Å². The Labute approximate surface area is 113 Å². The third-order valence-corrected chi connectivity index (χ3v) is 5.65. The molecule has 3 rings (SSSR count). The average molecular weight is 250 g/mol. The molecule has 3 atom stereocenters. The number of hydrogen-bond acceptors (Lipinski definition) is 2. The van der Waals surface area contributed by atoms with Gasteiger partial charge in [0, 0.05) is 12.1 Å². The van der Waals surface area contributed by atoms with Crippen LogP contribution in [0.4, 0.5) is 0 Å². The lowest BCUT2D eigenvalue weighted by molar-refractivity contribution is 0.0814. The van der Waals surface area contributed by atoms with Gasteiger partial charge in [-0.1, -0.05) is 19.8 Å². The molecule has 3 unspecified atom stereocenters. The fourth-order valence-electron chi connectivity index (χ4n) is 4.71. The molecule has 2 saturated heterocycles. The predicted molar refractivity (Wildman–Crippen MR) is 76.7 cm³/mol. The van der Waals surface area contributed by atoms with Crippen LogP contribution in [0.2, 0.25) is 0 Å². The molecule has 1 saturated carbocycles. The van der Waals surface area contributed by atoms with Crippen LogP contribution < -0.4 is 5.32 Å². The van der Waals surface area contributed by atoms with Gasteiger partial charge in [-0.3, -0.25) is 4.90 Å². The number of likely N-dealkylation sites (tertiary alicyclic amines) is 1. The van der Waals surface area contributed by atoms with Gasteiger partial charge < -0.3 is 5.32 Å². The van der Waals surface area contributed by atoms with Gasteiger partial charge in [0.2, 0.25) is 0 Å². The van der Waals surface area contributed by atoms with E-state index in [9.17, 15) is 0 Å². The number of nitrogens with one attached hydrogen (secondary N) is 1. The molecular weight excluding hydrogens is 220 g/mol. The van der Waals surface area contributed by atoms with Crippen molar-refractivity contribution in [2.75, 3.05) is 19.6 Å². The lowest BCUT2D eigenvalue weighted by Crippen LogP contribution is -2.47. The quantitative estimate of drug-likeness (QED) is 0.810. The maximum absolute atomic E-state index is 3.52. The zero-order valence-corrected chi connectivity index (χ0v) is 12.0. The highest BCUT2D eigenvalue weighted by molar-refractivity contribution is 4.92.